The van der Waals surface area contributed by atoms with Crippen LogP contribution in [0.5, 0.6) is 0 Å². The van der Waals surface area contributed by atoms with Crippen molar-refractivity contribution in [3.8, 4) is 0 Å². The van der Waals surface area contributed by atoms with Crippen molar-refractivity contribution in [2.75, 3.05) is 44.3 Å². The highest BCUT2D eigenvalue weighted by Crippen LogP contribution is 2.36. The molecule has 3 fully saturated rings. The molecule has 2 saturated heterocycles. The first-order valence-corrected chi connectivity index (χ1v) is 10.6. The SMILES string of the molecule is O=C(c1cc(F)cc(N2CCOCC2)c1)N1CCC(C2CCCCC2)CC1. The fourth-order valence-electron chi connectivity index (χ4n) is 5.06. The van der Waals surface area contributed by atoms with Gasteiger partial charge in [0.2, 0.25) is 0 Å². The monoisotopic (exact) mass is 374 g/mol. The first-order valence-electron chi connectivity index (χ1n) is 10.6. The number of carbonyl (C=O) groups is 1. The van der Waals surface area contributed by atoms with Gasteiger partial charge in [-0.05, 0) is 42.9 Å². The fourth-order valence-corrected chi connectivity index (χ4v) is 5.06. The standard InChI is InChI=1S/C22H31FN2O2/c23-20-14-19(15-21(16-20)24-10-12-27-13-11-24)22(26)25-8-6-18(7-9-25)17-4-2-1-3-5-17/h14-18H,1-13H2. The molecule has 0 unspecified atom stereocenters. The number of anilines is 1. The smallest absolute Gasteiger partial charge is 0.254 e. The summed E-state index contributed by atoms with van der Waals surface area (Å²) >= 11 is 0. The van der Waals surface area contributed by atoms with Gasteiger partial charge in [0.15, 0.2) is 0 Å². The lowest BCUT2D eigenvalue weighted by Crippen LogP contribution is -2.40. The molecule has 5 heteroatoms. The number of ether oxygens (including phenoxy) is 1. The van der Waals surface area contributed by atoms with Crippen molar-refractivity contribution in [1.29, 1.82) is 0 Å². The van der Waals surface area contributed by atoms with Crippen LogP contribution in [-0.4, -0.2) is 50.2 Å². The Hall–Kier alpha value is -1.62. The number of piperidine rings is 1. The molecule has 0 spiro atoms. The second-order valence-electron chi connectivity index (χ2n) is 8.33. The number of hydrogen-bond donors (Lipinski definition) is 0. The Bertz CT molecular complexity index is 646. The van der Waals surface area contributed by atoms with E-state index < -0.39 is 0 Å². The molecule has 27 heavy (non-hydrogen) atoms. The maximum atomic E-state index is 14.2. The number of nitrogens with zero attached hydrogens (tertiary/aromatic N) is 2. The number of morpholine rings is 1. The number of rotatable bonds is 3. The van der Waals surface area contributed by atoms with Crippen LogP contribution in [0.15, 0.2) is 18.2 Å². The van der Waals surface area contributed by atoms with Crippen LogP contribution in [0.1, 0.15) is 55.3 Å². The molecular weight excluding hydrogens is 343 g/mol. The van der Waals surface area contributed by atoms with E-state index in [1.165, 1.54) is 44.2 Å². The van der Waals surface area contributed by atoms with Gasteiger partial charge in [-0.2, -0.15) is 0 Å². The second-order valence-corrected chi connectivity index (χ2v) is 8.33. The summed E-state index contributed by atoms with van der Waals surface area (Å²) in [5.41, 5.74) is 1.27. The van der Waals surface area contributed by atoms with Crippen molar-refractivity contribution in [3.63, 3.8) is 0 Å². The van der Waals surface area contributed by atoms with Crippen LogP contribution in [0.4, 0.5) is 10.1 Å². The van der Waals surface area contributed by atoms with E-state index in [0.717, 1.165) is 56.5 Å². The number of benzene rings is 1. The van der Waals surface area contributed by atoms with E-state index in [-0.39, 0.29) is 11.7 Å². The molecule has 148 valence electrons. The quantitative estimate of drug-likeness (QED) is 0.799. The zero-order chi connectivity index (χ0) is 18.6. The normalized spacial score (nSPS) is 22.9. The van der Waals surface area contributed by atoms with Gasteiger partial charge in [-0.1, -0.05) is 32.1 Å². The minimum absolute atomic E-state index is 0.0221. The van der Waals surface area contributed by atoms with Crippen molar-refractivity contribution in [2.45, 2.75) is 44.9 Å². The molecule has 0 radical (unpaired) electrons. The largest absolute Gasteiger partial charge is 0.378 e. The fraction of sp³-hybridized carbons (Fsp3) is 0.682. The zero-order valence-corrected chi connectivity index (χ0v) is 16.2. The van der Waals surface area contributed by atoms with Gasteiger partial charge in [0, 0.05) is 37.4 Å². The first-order chi connectivity index (χ1) is 13.2. The molecule has 0 N–H and O–H groups in total. The van der Waals surface area contributed by atoms with Crippen LogP contribution in [0, 0.1) is 17.7 Å². The van der Waals surface area contributed by atoms with Gasteiger partial charge in [0.05, 0.1) is 13.2 Å². The predicted octanol–water partition coefficient (Wildman–Crippen LogP) is 4.09. The maximum absolute atomic E-state index is 14.2. The maximum Gasteiger partial charge on any atom is 0.254 e. The summed E-state index contributed by atoms with van der Waals surface area (Å²) in [6.45, 7) is 4.39. The zero-order valence-electron chi connectivity index (χ0n) is 16.2. The lowest BCUT2D eigenvalue weighted by molar-refractivity contribution is 0.0638. The highest BCUT2D eigenvalue weighted by Gasteiger charge is 2.30. The predicted molar refractivity (Wildman–Crippen MR) is 105 cm³/mol. The molecular formula is C22H31FN2O2. The third kappa shape index (κ3) is 4.45. The Morgan fingerprint density at radius 3 is 2.26 bits per heavy atom. The molecule has 4 nitrogen and oxygen atoms in total. The molecule has 1 aromatic rings. The van der Waals surface area contributed by atoms with Gasteiger partial charge in [-0.15, -0.1) is 0 Å². The lowest BCUT2D eigenvalue weighted by Gasteiger charge is -2.37. The molecule has 0 aromatic heterocycles. The molecule has 1 aromatic carbocycles. The minimum Gasteiger partial charge on any atom is -0.378 e. The van der Waals surface area contributed by atoms with Crippen molar-refractivity contribution in [2.24, 2.45) is 11.8 Å². The van der Waals surface area contributed by atoms with E-state index in [4.69, 9.17) is 4.74 Å². The van der Waals surface area contributed by atoms with E-state index >= 15 is 0 Å². The summed E-state index contributed by atoms with van der Waals surface area (Å²) in [6.07, 6.45) is 9.06. The Balaban J connectivity index is 1.40. The van der Waals surface area contributed by atoms with Gasteiger partial charge in [0.25, 0.3) is 5.91 Å². The average molecular weight is 375 g/mol. The lowest BCUT2D eigenvalue weighted by atomic mass is 9.76. The third-order valence-corrected chi connectivity index (χ3v) is 6.65. The Labute approximate surface area is 161 Å². The van der Waals surface area contributed by atoms with Crippen LogP contribution in [0.2, 0.25) is 0 Å². The van der Waals surface area contributed by atoms with E-state index in [9.17, 15) is 9.18 Å². The molecule has 2 aliphatic heterocycles. The number of halogens is 1. The molecule has 0 atom stereocenters. The van der Waals surface area contributed by atoms with Crippen molar-refractivity contribution < 1.29 is 13.9 Å². The van der Waals surface area contributed by atoms with E-state index in [2.05, 4.69) is 4.90 Å². The number of likely N-dealkylation sites (tertiary alicyclic amines) is 1. The van der Waals surface area contributed by atoms with Gasteiger partial charge in [0.1, 0.15) is 5.82 Å². The summed E-state index contributed by atoms with van der Waals surface area (Å²) in [5, 5.41) is 0. The first kappa shape index (κ1) is 18.7. The number of hydrogen-bond acceptors (Lipinski definition) is 3. The van der Waals surface area contributed by atoms with E-state index in [0.29, 0.717) is 18.8 Å². The minimum atomic E-state index is -0.334. The van der Waals surface area contributed by atoms with Crippen LogP contribution in [0.3, 0.4) is 0 Å². The summed E-state index contributed by atoms with van der Waals surface area (Å²) < 4.78 is 19.6. The van der Waals surface area contributed by atoms with Gasteiger partial charge in [-0.3, -0.25) is 4.79 Å². The van der Waals surface area contributed by atoms with Crippen molar-refractivity contribution in [3.05, 3.63) is 29.6 Å². The Morgan fingerprint density at radius 1 is 0.889 bits per heavy atom. The van der Waals surface area contributed by atoms with Crippen LogP contribution in [-0.2, 0) is 4.74 Å². The molecule has 4 rings (SSSR count). The van der Waals surface area contributed by atoms with Crippen LogP contribution in [0.25, 0.3) is 0 Å². The Kier molecular flexibility index (Phi) is 5.96. The third-order valence-electron chi connectivity index (χ3n) is 6.65. The van der Waals surface area contributed by atoms with E-state index in [1.54, 1.807) is 0 Å². The summed E-state index contributed by atoms with van der Waals surface area (Å²) in [5.74, 6) is 1.27. The topological polar surface area (TPSA) is 32.8 Å². The van der Waals surface area contributed by atoms with E-state index in [1.807, 2.05) is 11.0 Å². The summed E-state index contributed by atoms with van der Waals surface area (Å²) in [6, 6.07) is 4.76. The molecule has 3 aliphatic rings. The summed E-state index contributed by atoms with van der Waals surface area (Å²) in [7, 11) is 0. The second kappa shape index (κ2) is 8.59. The van der Waals surface area contributed by atoms with Gasteiger partial charge in [-0.25, -0.2) is 4.39 Å². The van der Waals surface area contributed by atoms with Crippen LogP contribution < -0.4 is 4.90 Å². The number of amides is 1. The summed E-state index contributed by atoms with van der Waals surface area (Å²) in [4.78, 5) is 17.0. The molecule has 2 heterocycles. The molecule has 1 saturated carbocycles. The van der Waals surface area contributed by atoms with Crippen LogP contribution >= 0.6 is 0 Å². The molecule has 0 bridgehead atoms. The number of carbonyl (C=O) groups excluding carboxylic acids is 1. The van der Waals surface area contributed by atoms with Crippen molar-refractivity contribution >= 4 is 11.6 Å². The highest BCUT2D eigenvalue weighted by atomic mass is 19.1. The van der Waals surface area contributed by atoms with Gasteiger partial charge < -0.3 is 14.5 Å². The van der Waals surface area contributed by atoms with Gasteiger partial charge >= 0.3 is 0 Å². The molecule has 1 aliphatic carbocycles. The highest BCUT2D eigenvalue weighted by molar-refractivity contribution is 5.95. The molecule has 1 amide bonds. The van der Waals surface area contributed by atoms with Crippen molar-refractivity contribution in [1.82, 2.24) is 4.90 Å². The average Bonchev–Trinajstić information content (AvgIpc) is 2.74. The Morgan fingerprint density at radius 2 is 1.56 bits per heavy atom.